The minimum atomic E-state index is 0.0845. The molecular formula is C20H18N2O. The number of ether oxygens (including phenoxy) is 1. The van der Waals surface area contributed by atoms with Crippen molar-refractivity contribution in [1.82, 2.24) is 0 Å². The van der Waals surface area contributed by atoms with Crippen LogP contribution in [0.1, 0.15) is 11.1 Å². The maximum Gasteiger partial charge on any atom is 0.122 e. The van der Waals surface area contributed by atoms with Crippen LogP contribution in [-0.4, -0.2) is 5.84 Å². The molecule has 0 aliphatic heterocycles. The van der Waals surface area contributed by atoms with Gasteiger partial charge >= 0.3 is 0 Å². The highest BCUT2D eigenvalue weighted by molar-refractivity contribution is 5.95. The normalized spacial score (nSPS) is 10.3. The molecule has 0 unspecified atom stereocenters. The predicted molar refractivity (Wildman–Crippen MR) is 93.7 cm³/mol. The van der Waals surface area contributed by atoms with Gasteiger partial charge in [-0.1, -0.05) is 66.7 Å². The van der Waals surface area contributed by atoms with Crippen LogP contribution < -0.4 is 10.5 Å². The molecule has 0 saturated heterocycles. The topological polar surface area (TPSA) is 59.1 Å². The first-order valence-corrected chi connectivity index (χ1v) is 7.44. The lowest BCUT2D eigenvalue weighted by molar-refractivity contribution is 0.306. The van der Waals surface area contributed by atoms with Gasteiger partial charge in [0.25, 0.3) is 0 Å². The third-order valence-corrected chi connectivity index (χ3v) is 3.63. The molecule has 114 valence electrons. The Hall–Kier alpha value is -3.07. The fraction of sp³-hybridized carbons (Fsp3) is 0.0500. The number of amidine groups is 1. The summed E-state index contributed by atoms with van der Waals surface area (Å²) in [5.74, 6) is 0.930. The highest BCUT2D eigenvalue weighted by Gasteiger charge is 2.01. The summed E-state index contributed by atoms with van der Waals surface area (Å²) in [5, 5.41) is 7.42. The van der Waals surface area contributed by atoms with Crippen LogP contribution in [-0.2, 0) is 6.61 Å². The zero-order valence-electron chi connectivity index (χ0n) is 12.7. The van der Waals surface area contributed by atoms with Crippen LogP contribution in [0.25, 0.3) is 11.1 Å². The molecule has 23 heavy (non-hydrogen) atoms. The average Bonchev–Trinajstić information content (AvgIpc) is 2.61. The molecular weight excluding hydrogens is 284 g/mol. The summed E-state index contributed by atoms with van der Waals surface area (Å²) < 4.78 is 5.79. The van der Waals surface area contributed by atoms with Gasteiger partial charge < -0.3 is 10.5 Å². The molecule has 3 rings (SSSR count). The van der Waals surface area contributed by atoms with E-state index in [1.807, 2.05) is 78.9 Å². The average molecular weight is 302 g/mol. The first-order chi connectivity index (χ1) is 11.2. The second kappa shape index (κ2) is 6.79. The van der Waals surface area contributed by atoms with Gasteiger partial charge in [-0.25, -0.2) is 0 Å². The predicted octanol–water partition coefficient (Wildman–Crippen LogP) is 4.22. The lowest BCUT2D eigenvalue weighted by Crippen LogP contribution is -2.10. The van der Waals surface area contributed by atoms with Crippen molar-refractivity contribution in [3.8, 4) is 16.9 Å². The molecule has 3 nitrogen and oxygen atoms in total. The molecule has 0 spiro atoms. The molecule has 3 heteroatoms. The molecule has 3 aromatic rings. The van der Waals surface area contributed by atoms with E-state index in [4.69, 9.17) is 15.9 Å². The van der Waals surface area contributed by atoms with Crippen molar-refractivity contribution in [2.45, 2.75) is 6.61 Å². The first kappa shape index (κ1) is 14.9. The Morgan fingerprint density at radius 1 is 0.783 bits per heavy atom. The van der Waals surface area contributed by atoms with E-state index < -0.39 is 0 Å². The Labute approximate surface area is 135 Å². The van der Waals surface area contributed by atoms with Crippen molar-refractivity contribution in [2.24, 2.45) is 5.73 Å². The quantitative estimate of drug-likeness (QED) is 0.547. The van der Waals surface area contributed by atoms with Crippen molar-refractivity contribution in [3.05, 3.63) is 90.0 Å². The molecule has 0 fully saturated rings. The summed E-state index contributed by atoms with van der Waals surface area (Å²) in [7, 11) is 0. The van der Waals surface area contributed by atoms with Gasteiger partial charge in [0.1, 0.15) is 18.2 Å². The van der Waals surface area contributed by atoms with Crippen LogP contribution in [0.3, 0.4) is 0 Å². The molecule has 0 amide bonds. The van der Waals surface area contributed by atoms with E-state index >= 15 is 0 Å². The Morgan fingerprint density at radius 2 is 1.35 bits per heavy atom. The molecule has 0 bridgehead atoms. The van der Waals surface area contributed by atoms with Crippen LogP contribution in [0.15, 0.2) is 78.9 Å². The van der Waals surface area contributed by atoms with E-state index in [0.717, 1.165) is 28.0 Å². The lowest BCUT2D eigenvalue weighted by atomic mass is 10.0. The van der Waals surface area contributed by atoms with Crippen LogP contribution in [0.5, 0.6) is 5.75 Å². The van der Waals surface area contributed by atoms with Gasteiger partial charge in [0.2, 0.25) is 0 Å². The maximum atomic E-state index is 7.42. The van der Waals surface area contributed by atoms with Crippen molar-refractivity contribution in [2.75, 3.05) is 0 Å². The Morgan fingerprint density at radius 3 is 1.91 bits per heavy atom. The van der Waals surface area contributed by atoms with Gasteiger partial charge in [-0.15, -0.1) is 0 Å². The molecule has 0 heterocycles. The summed E-state index contributed by atoms with van der Waals surface area (Å²) in [6, 6.07) is 25.8. The molecule has 0 atom stereocenters. The lowest BCUT2D eigenvalue weighted by Gasteiger charge is -2.08. The molecule has 0 saturated carbocycles. The third kappa shape index (κ3) is 3.77. The van der Waals surface area contributed by atoms with Gasteiger partial charge in [0.15, 0.2) is 0 Å². The van der Waals surface area contributed by atoms with Gasteiger partial charge in [0, 0.05) is 5.56 Å². The van der Waals surface area contributed by atoms with Crippen molar-refractivity contribution >= 4 is 5.84 Å². The first-order valence-electron chi connectivity index (χ1n) is 7.44. The molecule has 0 radical (unpaired) electrons. The smallest absolute Gasteiger partial charge is 0.122 e. The van der Waals surface area contributed by atoms with Crippen molar-refractivity contribution < 1.29 is 4.74 Å². The summed E-state index contributed by atoms with van der Waals surface area (Å²) in [5.41, 5.74) is 9.54. The number of benzene rings is 3. The largest absolute Gasteiger partial charge is 0.489 e. The van der Waals surface area contributed by atoms with Crippen LogP contribution in [0.4, 0.5) is 0 Å². The van der Waals surface area contributed by atoms with E-state index in [2.05, 4.69) is 0 Å². The molecule has 0 aliphatic rings. The Bertz CT molecular complexity index is 778. The van der Waals surface area contributed by atoms with Crippen LogP contribution in [0.2, 0.25) is 0 Å². The molecule has 3 N–H and O–H groups in total. The van der Waals surface area contributed by atoms with E-state index in [1.165, 1.54) is 0 Å². The van der Waals surface area contributed by atoms with E-state index in [9.17, 15) is 0 Å². The number of hydrogen-bond donors (Lipinski definition) is 2. The fourth-order valence-electron chi connectivity index (χ4n) is 2.33. The standard InChI is InChI=1S/C20H18N2O/c21-20(22)18-8-6-16(7-9-18)17-10-12-19(13-11-17)23-14-15-4-2-1-3-5-15/h1-13H,14H2,(H3,21,22). The van der Waals surface area contributed by atoms with Gasteiger partial charge in [-0.2, -0.15) is 0 Å². The van der Waals surface area contributed by atoms with Crippen molar-refractivity contribution in [1.29, 1.82) is 5.41 Å². The number of nitrogen functional groups attached to an aromatic ring is 1. The van der Waals surface area contributed by atoms with Gasteiger partial charge in [-0.3, -0.25) is 5.41 Å². The molecule has 0 aliphatic carbocycles. The summed E-state index contributed by atoms with van der Waals surface area (Å²) in [6.45, 7) is 0.563. The highest BCUT2D eigenvalue weighted by Crippen LogP contribution is 2.23. The summed E-state index contributed by atoms with van der Waals surface area (Å²) >= 11 is 0. The van der Waals surface area contributed by atoms with E-state index in [0.29, 0.717) is 6.61 Å². The van der Waals surface area contributed by atoms with E-state index in [-0.39, 0.29) is 5.84 Å². The third-order valence-electron chi connectivity index (χ3n) is 3.63. The molecule has 0 aromatic heterocycles. The molecule has 3 aromatic carbocycles. The zero-order valence-corrected chi connectivity index (χ0v) is 12.7. The highest BCUT2D eigenvalue weighted by atomic mass is 16.5. The van der Waals surface area contributed by atoms with Crippen LogP contribution in [0, 0.1) is 5.41 Å². The van der Waals surface area contributed by atoms with Gasteiger partial charge in [-0.05, 0) is 28.8 Å². The second-order valence-corrected chi connectivity index (χ2v) is 5.29. The number of nitrogens with one attached hydrogen (secondary N) is 1. The van der Waals surface area contributed by atoms with E-state index in [1.54, 1.807) is 0 Å². The SMILES string of the molecule is N=C(N)c1ccc(-c2ccc(OCc3ccccc3)cc2)cc1. The Kier molecular flexibility index (Phi) is 4.39. The van der Waals surface area contributed by atoms with Crippen LogP contribution >= 0.6 is 0 Å². The van der Waals surface area contributed by atoms with Gasteiger partial charge in [0.05, 0.1) is 0 Å². The number of hydrogen-bond acceptors (Lipinski definition) is 2. The fourth-order valence-corrected chi connectivity index (χ4v) is 2.33. The number of nitrogens with two attached hydrogens (primary N) is 1. The van der Waals surface area contributed by atoms with Crippen molar-refractivity contribution in [3.63, 3.8) is 0 Å². The summed E-state index contributed by atoms with van der Waals surface area (Å²) in [4.78, 5) is 0. The Balaban J connectivity index is 1.68. The number of rotatable bonds is 5. The summed E-state index contributed by atoms with van der Waals surface area (Å²) in [6.07, 6.45) is 0. The monoisotopic (exact) mass is 302 g/mol. The maximum absolute atomic E-state index is 7.42. The minimum Gasteiger partial charge on any atom is -0.489 e. The minimum absolute atomic E-state index is 0.0845. The zero-order chi connectivity index (χ0) is 16.1. The second-order valence-electron chi connectivity index (χ2n) is 5.29.